The first-order chi connectivity index (χ1) is 13.5. The van der Waals surface area contributed by atoms with Gasteiger partial charge in [0.1, 0.15) is 0 Å². The van der Waals surface area contributed by atoms with Gasteiger partial charge in [0.2, 0.25) is 10.0 Å². The van der Waals surface area contributed by atoms with Crippen LogP contribution in [0.25, 0.3) is 0 Å². The van der Waals surface area contributed by atoms with Gasteiger partial charge < -0.3 is 5.32 Å². The Morgan fingerprint density at radius 3 is 2.31 bits per heavy atom. The summed E-state index contributed by atoms with van der Waals surface area (Å²) in [7, 11) is -3.58. The third-order valence-corrected chi connectivity index (χ3v) is 7.89. The Hall–Kier alpha value is -1.44. The summed E-state index contributed by atoms with van der Waals surface area (Å²) < 4.78 is 26.9. The molecule has 6 nitrogen and oxygen atoms in total. The standard InChI is InChI=1S/C22H37N3O3S/c1-7-25(8-2)29(27,28)20-11-9-10-19(13-20)21(26)23-16-22(5,6)24-14-17(3)12-18(4)15-24/h9-11,13,17-18H,7-8,12,14-16H2,1-6H3,(H,23,26). The number of benzene rings is 1. The normalized spacial score (nSPS) is 21.3. The first-order valence-corrected chi connectivity index (χ1v) is 12.1. The average molecular weight is 424 g/mol. The molecule has 2 atom stereocenters. The Bertz CT molecular complexity index is 793. The number of carbonyl (C=O) groups is 1. The maximum Gasteiger partial charge on any atom is 0.251 e. The number of rotatable bonds is 8. The molecule has 0 aliphatic carbocycles. The van der Waals surface area contributed by atoms with Gasteiger partial charge in [-0.3, -0.25) is 9.69 Å². The van der Waals surface area contributed by atoms with Gasteiger partial charge in [-0.25, -0.2) is 8.42 Å². The third-order valence-electron chi connectivity index (χ3n) is 5.85. The zero-order valence-corrected chi connectivity index (χ0v) is 19.6. The van der Waals surface area contributed by atoms with Crippen molar-refractivity contribution in [3.63, 3.8) is 0 Å². The van der Waals surface area contributed by atoms with Crippen LogP contribution in [0, 0.1) is 11.8 Å². The number of nitrogens with zero attached hydrogens (tertiary/aromatic N) is 2. The van der Waals surface area contributed by atoms with Crippen LogP contribution in [0.4, 0.5) is 0 Å². The van der Waals surface area contributed by atoms with E-state index >= 15 is 0 Å². The summed E-state index contributed by atoms with van der Waals surface area (Å²) in [6, 6.07) is 6.31. The van der Waals surface area contributed by atoms with E-state index in [9.17, 15) is 13.2 Å². The van der Waals surface area contributed by atoms with Crippen LogP contribution in [0.2, 0.25) is 0 Å². The van der Waals surface area contributed by atoms with Crippen LogP contribution in [0.15, 0.2) is 29.2 Å². The lowest BCUT2D eigenvalue weighted by Crippen LogP contribution is -2.56. The Morgan fingerprint density at radius 2 is 1.76 bits per heavy atom. The van der Waals surface area contributed by atoms with Gasteiger partial charge in [0.05, 0.1) is 4.90 Å². The summed E-state index contributed by atoms with van der Waals surface area (Å²) in [5.41, 5.74) is 0.207. The quantitative estimate of drug-likeness (QED) is 0.697. The number of likely N-dealkylation sites (tertiary alicyclic amines) is 1. The predicted octanol–water partition coefficient (Wildman–Crippen LogP) is 3.20. The molecule has 2 unspecified atom stereocenters. The lowest BCUT2D eigenvalue weighted by Gasteiger charge is -2.45. The lowest BCUT2D eigenvalue weighted by molar-refractivity contribution is 0.0445. The number of nitrogens with one attached hydrogen (secondary N) is 1. The molecule has 1 aliphatic rings. The Kier molecular flexibility index (Phi) is 7.87. The van der Waals surface area contributed by atoms with Crippen molar-refractivity contribution in [2.45, 2.75) is 58.4 Å². The van der Waals surface area contributed by atoms with E-state index < -0.39 is 10.0 Å². The van der Waals surface area contributed by atoms with E-state index in [2.05, 4.69) is 37.9 Å². The van der Waals surface area contributed by atoms with Crippen molar-refractivity contribution in [2.75, 3.05) is 32.7 Å². The second-order valence-corrected chi connectivity index (χ2v) is 10.9. The number of piperidine rings is 1. The van der Waals surface area contributed by atoms with Gasteiger partial charge in [-0.1, -0.05) is 33.8 Å². The minimum absolute atomic E-state index is 0.159. The highest BCUT2D eigenvalue weighted by atomic mass is 32.2. The average Bonchev–Trinajstić information content (AvgIpc) is 2.66. The van der Waals surface area contributed by atoms with Gasteiger partial charge >= 0.3 is 0 Å². The fourth-order valence-electron chi connectivity index (χ4n) is 4.18. The molecule has 0 spiro atoms. The van der Waals surface area contributed by atoms with Crippen LogP contribution in [0.3, 0.4) is 0 Å². The number of carbonyl (C=O) groups excluding carboxylic acids is 1. The van der Waals surface area contributed by atoms with E-state index in [1.807, 2.05) is 13.8 Å². The van der Waals surface area contributed by atoms with E-state index in [1.165, 1.54) is 16.8 Å². The van der Waals surface area contributed by atoms with E-state index in [0.29, 0.717) is 37.0 Å². The minimum Gasteiger partial charge on any atom is -0.350 e. The van der Waals surface area contributed by atoms with Crippen molar-refractivity contribution >= 4 is 15.9 Å². The Morgan fingerprint density at radius 1 is 1.17 bits per heavy atom. The third kappa shape index (κ3) is 5.80. The summed E-state index contributed by atoms with van der Waals surface area (Å²) in [5.74, 6) is 1.05. The van der Waals surface area contributed by atoms with Crippen molar-refractivity contribution in [2.24, 2.45) is 11.8 Å². The van der Waals surface area contributed by atoms with E-state index in [0.717, 1.165) is 13.1 Å². The highest BCUT2D eigenvalue weighted by Gasteiger charge is 2.33. The number of amides is 1. The smallest absolute Gasteiger partial charge is 0.251 e. The summed E-state index contributed by atoms with van der Waals surface area (Å²) >= 11 is 0. The SMILES string of the molecule is CCN(CC)S(=O)(=O)c1cccc(C(=O)NCC(C)(C)N2CC(C)CC(C)C2)c1. The molecule has 1 aromatic carbocycles. The fraction of sp³-hybridized carbons (Fsp3) is 0.682. The van der Waals surface area contributed by atoms with Gasteiger partial charge in [-0.15, -0.1) is 0 Å². The molecule has 0 radical (unpaired) electrons. The molecule has 1 fully saturated rings. The number of sulfonamides is 1. The van der Waals surface area contributed by atoms with Gasteiger partial charge in [-0.05, 0) is 50.3 Å². The minimum atomic E-state index is -3.58. The summed E-state index contributed by atoms with van der Waals surface area (Å²) in [6.45, 7) is 15.8. The highest BCUT2D eigenvalue weighted by Crippen LogP contribution is 2.27. The highest BCUT2D eigenvalue weighted by molar-refractivity contribution is 7.89. The molecule has 2 rings (SSSR count). The van der Waals surface area contributed by atoms with Crippen LogP contribution in [0.1, 0.15) is 58.3 Å². The van der Waals surface area contributed by atoms with Crippen LogP contribution in [-0.4, -0.2) is 61.8 Å². The molecule has 1 aromatic rings. The van der Waals surface area contributed by atoms with Crippen LogP contribution in [0.5, 0.6) is 0 Å². The van der Waals surface area contributed by atoms with E-state index in [1.54, 1.807) is 18.2 Å². The van der Waals surface area contributed by atoms with Gasteiger partial charge in [-0.2, -0.15) is 4.31 Å². The van der Waals surface area contributed by atoms with Gasteiger partial charge in [0.15, 0.2) is 0 Å². The van der Waals surface area contributed by atoms with E-state index in [4.69, 9.17) is 0 Å². The van der Waals surface area contributed by atoms with Crippen molar-refractivity contribution < 1.29 is 13.2 Å². The largest absolute Gasteiger partial charge is 0.350 e. The van der Waals surface area contributed by atoms with Gasteiger partial charge in [0, 0.05) is 43.8 Å². The van der Waals surface area contributed by atoms with Gasteiger partial charge in [0.25, 0.3) is 5.91 Å². The number of hydrogen-bond donors (Lipinski definition) is 1. The molecule has 1 N–H and O–H groups in total. The molecule has 0 aromatic heterocycles. The summed E-state index contributed by atoms with van der Waals surface area (Å²) in [5, 5.41) is 3.01. The number of hydrogen-bond acceptors (Lipinski definition) is 4. The van der Waals surface area contributed by atoms with Crippen LogP contribution in [-0.2, 0) is 10.0 Å². The maximum atomic E-state index is 12.8. The molecule has 1 heterocycles. The monoisotopic (exact) mass is 423 g/mol. The topological polar surface area (TPSA) is 69.7 Å². The molecular weight excluding hydrogens is 386 g/mol. The zero-order chi connectivity index (χ0) is 21.8. The van der Waals surface area contributed by atoms with E-state index in [-0.39, 0.29) is 16.3 Å². The van der Waals surface area contributed by atoms with Crippen molar-refractivity contribution in [1.29, 1.82) is 0 Å². The molecule has 0 saturated carbocycles. The molecule has 1 saturated heterocycles. The maximum absolute atomic E-state index is 12.8. The molecule has 1 aliphatic heterocycles. The van der Waals surface area contributed by atoms with Crippen molar-refractivity contribution in [3.8, 4) is 0 Å². The molecule has 1 amide bonds. The van der Waals surface area contributed by atoms with Crippen LogP contribution >= 0.6 is 0 Å². The first-order valence-electron chi connectivity index (χ1n) is 10.6. The molecule has 0 bridgehead atoms. The molecule has 7 heteroatoms. The Balaban J connectivity index is 2.10. The summed E-state index contributed by atoms with van der Waals surface area (Å²) in [4.78, 5) is 15.4. The van der Waals surface area contributed by atoms with Crippen LogP contribution < -0.4 is 5.32 Å². The van der Waals surface area contributed by atoms with Crippen molar-refractivity contribution in [3.05, 3.63) is 29.8 Å². The lowest BCUT2D eigenvalue weighted by atomic mass is 9.88. The molecular formula is C22H37N3O3S. The molecule has 164 valence electrons. The first kappa shape index (κ1) is 23.8. The Labute approximate surface area is 176 Å². The second-order valence-electron chi connectivity index (χ2n) is 8.96. The van der Waals surface area contributed by atoms with Crippen molar-refractivity contribution in [1.82, 2.24) is 14.5 Å². The fourth-order valence-corrected chi connectivity index (χ4v) is 5.68. The molecule has 29 heavy (non-hydrogen) atoms. The predicted molar refractivity (Wildman–Crippen MR) is 117 cm³/mol. The second kappa shape index (κ2) is 9.58. The zero-order valence-electron chi connectivity index (χ0n) is 18.7. The summed E-state index contributed by atoms with van der Waals surface area (Å²) in [6.07, 6.45) is 1.24.